The summed E-state index contributed by atoms with van der Waals surface area (Å²) >= 11 is 0. The molecule has 0 spiro atoms. The van der Waals surface area contributed by atoms with Crippen molar-refractivity contribution in [3.63, 3.8) is 0 Å². The minimum atomic E-state index is 0.196. The summed E-state index contributed by atoms with van der Waals surface area (Å²) in [5.74, 6) is 0.975. The van der Waals surface area contributed by atoms with Crippen LogP contribution in [0.3, 0.4) is 0 Å². The molecule has 1 aromatic heterocycles. The molecule has 2 N–H and O–H groups in total. The van der Waals surface area contributed by atoms with Gasteiger partial charge in [0, 0.05) is 19.1 Å². The van der Waals surface area contributed by atoms with Crippen molar-refractivity contribution in [2.45, 2.75) is 24.9 Å². The Morgan fingerprint density at radius 2 is 2.47 bits per heavy atom. The topological polar surface area (TPSA) is 45.6 Å². The number of likely N-dealkylation sites (N-methyl/N-ethyl adjacent to an activating group) is 2. The Hall–Kier alpha value is -0.840. The van der Waals surface area contributed by atoms with Gasteiger partial charge in [0.1, 0.15) is 5.76 Å². The van der Waals surface area contributed by atoms with Crippen LogP contribution in [0.25, 0.3) is 0 Å². The highest BCUT2D eigenvalue weighted by atomic mass is 16.3. The van der Waals surface area contributed by atoms with Gasteiger partial charge in [0.25, 0.3) is 0 Å². The third kappa shape index (κ3) is 2.89. The van der Waals surface area contributed by atoms with Gasteiger partial charge in [-0.2, -0.15) is 0 Å². The number of likely N-dealkylation sites (tertiary alicyclic amines) is 1. The largest absolute Gasteiger partial charge is 0.468 e. The highest BCUT2D eigenvalue weighted by molar-refractivity contribution is 5.06. The molecule has 1 aromatic rings. The average Bonchev–Trinajstić information content (AvgIpc) is 2.83. The lowest BCUT2D eigenvalue weighted by Gasteiger charge is -2.39. The fourth-order valence-corrected chi connectivity index (χ4v) is 2.69. The van der Waals surface area contributed by atoms with Crippen LogP contribution in [0.15, 0.2) is 22.8 Å². The van der Waals surface area contributed by atoms with Crippen molar-refractivity contribution < 1.29 is 4.42 Å². The number of hydrogen-bond acceptors (Lipinski definition) is 4. The van der Waals surface area contributed by atoms with E-state index in [-0.39, 0.29) is 6.04 Å². The molecule has 0 saturated carbocycles. The normalized spacial score (nSPS) is 24.1. The maximum Gasteiger partial charge on any atom is 0.122 e. The molecule has 4 nitrogen and oxygen atoms in total. The van der Waals surface area contributed by atoms with Crippen molar-refractivity contribution >= 4 is 0 Å². The molecule has 2 heterocycles. The van der Waals surface area contributed by atoms with Gasteiger partial charge in [-0.25, -0.2) is 0 Å². The number of nitrogens with zero attached hydrogens (tertiary/aromatic N) is 2. The van der Waals surface area contributed by atoms with Crippen molar-refractivity contribution in [2.24, 2.45) is 5.73 Å². The highest BCUT2D eigenvalue weighted by Crippen LogP contribution is 2.24. The van der Waals surface area contributed by atoms with Crippen LogP contribution < -0.4 is 5.73 Å². The van der Waals surface area contributed by atoms with Gasteiger partial charge in [-0.05, 0) is 45.6 Å². The molecule has 0 bridgehead atoms. The lowest BCUT2D eigenvalue weighted by atomic mass is 10.0. The predicted molar refractivity (Wildman–Crippen MR) is 68.8 cm³/mol. The summed E-state index contributed by atoms with van der Waals surface area (Å²) in [5, 5.41) is 0. The maximum atomic E-state index is 5.89. The van der Waals surface area contributed by atoms with Gasteiger partial charge >= 0.3 is 0 Å². The molecular formula is C13H23N3O. The summed E-state index contributed by atoms with van der Waals surface area (Å²) < 4.78 is 5.49. The molecule has 1 aliphatic heterocycles. The monoisotopic (exact) mass is 237 g/mol. The van der Waals surface area contributed by atoms with Crippen LogP contribution in [-0.4, -0.2) is 49.6 Å². The lowest BCUT2D eigenvalue weighted by Crippen LogP contribution is -2.47. The van der Waals surface area contributed by atoms with E-state index in [0.717, 1.165) is 12.3 Å². The number of piperidine rings is 1. The van der Waals surface area contributed by atoms with Crippen molar-refractivity contribution in [2.75, 3.05) is 33.7 Å². The third-order valence-corrected chi connectivity index (χ3v) is 3.76. The molecule has 1 aliphatic rings. The van der Waals surface area contributed by atoms with Gasteiger partial charge in [-0.15, -0.1) is 0 Å². The maximum absolute atomic E-state index is 5.89. The zero-order valence-corrected chi connectivity index (χ0v) is 10.8. The molecule has 2 atom stereocenters. The second-order valence-electron chi connectivity index (χ2n) is 4.99. The van der Waals surface area contributed by atoms with E-state index in [1.54, 1.807) is 6.26 Å². The van der Waals surface area contributed by atoms with Crippen LogP contribution in [0.4, 0.5) is 0 Å². The second kappa shape index (κ2) is 5.67. The summed E-state index contributed by atoms with van der Waals surface area (Å²) in [6, 6.07) is 4.72. The molecule has 96 valence electrons. The molecule has 0 amide bonds. The van der Waals surface area contributed by atoms with Gasteiger partial charge < -0.3 is 15.1 Å². The van der Waals surface area contributed by atoms with Crippen LogP contribution in [0.1, 0.15) is 24.6 Å². The Morgan fingerprint density at radius 1 is 1.65 bits per heavy atom. The molecule has 0 radical (unpaired) electrons. The van der Waals surface area contributed by atoms with E-state index in [4.69, 9.17) is 10.2 Å². The minimum Gasteiger partial charge on any atom is -0.468 e. The fraction of sp³-hybridized carbons (Fsp3) is 0.692. The van der Waals surface area contributed by atoms with Crippen molar-refractivity contribution in [3.05, 3.63) is 24.2 Å². The van der Waals surface area contributed by atoms with Gasteiger partial charge in [0.15, 0.2) is 0 Å². The van der Waals surface area contributed by atoms with Gasteiger partial charge in [0.2, 0.25) is 0 Å². The summed E-state index contributed by atoms with van der Waals surface area (Å²) in [5.41, 5.74) is 5.89. The Labute approximate surface area is 103 Å². The zero-order valence-electron chi connectivity index (χ0n) is 10.8. The standard InChI is InChI=1S/C13H23N3O/c1-15-7-3-5-11(10-15)16(2)12(9-14)13-6-4-8-17-13/h4,6,8,11-12H,3,5,7,9-10,14H2,1-2H3. The Bertz CT molecular complexity index is 325. The molecular weight excluding hydrogens is 214 g/mol. The number of nitrogens with two attached hydrogens (primary N) is 1. The van der Waals surface area contributed by atoms with E-state index in [1.807, 2.05) is 12.1 Å². The van der Waals surface area contributed by atoms with E-state index < -0.39 is 0 Å². The summed E-state index contributed by atoms with van der Waals surface area (Å²) in [4.78, 5) is 4.76. The number of furan rings is 1. The van der Waals surface area contributed by atoms with Gasteiger partial charge in [-0.3, -0.25) is 4.90 Å². The van der Waals surface area contributed by atoms with E-state index in [0.29, 0.717) is 12.6 Å². The minimum absolute atomic E-state index is 0.196. The van der Waals surface area contributed by atoms with Crippen LogP contribution in [0, 0.1) is 0 Å². The van der Waals surface area contributed by atoms with E-state index in [9.17, 15) is 0 Å². The van der Waals surface area contributed by atoms with Crippen LogP contribution in [0.2, 0.25) is 0 Å². The Morgan fingerprint density at radius 3 is 3.06 bits per heavy atom. The number of hydrogen-bond donors (Lipinski definition) is 1. The van der Waals surface area contributed by atoms with E-state index in [2.05, 4.69) is 23.9 Å². The first-order valence-electron chi connectivity index (χ1n) is 6.36. The molecule has 0 aliphatic carbocycles. The van der Waals surface area contributed by atoms with E-state index in [1.165, 1.54) is 19.4 Å². The van der Waals surface area contributed by atoms with Crippen molar-refractivity contribution in [3.8, 4) is 0 Å². The molecule has 17 heavy (non-hydrogen) atoms. The SMILES string of the molecule is CN1CCCC(N(C)C(CN)c2ccco2)C1. The van der Waals surface area contributed by atoms with Crippen LogP contribution >= 0.6 is 0 Å². The lowest BCUT2D eigenvalue weighted by molar-refractivity contribution is 0.0920. The first kappa shape index (κ1) is 12.6. The quantitative estimate of drug-likeness (QED) is 0.857. The van der Waals surface area contributed by atoms with Gasteiger partial charge in [-0.1, -0.05) is 0 Å². The first-order chi connectivity index (χ1) is 8.22. The van der Waals surface area contributed by atoms with Crippen molar-refractivity contribution in [1.82, 2.24) is 9.80 Å². The Kier molecular flexibility index (Phi) is 4.20. The summed E-state index contributed by atoms with van der Waals surface area (Å²) in [6.07, 6.45) is 4.23. The summed E-state index contributed by atoms with van der Waals surface area (Å²) in [7, 11) is 4.34. The molecule has 2 unspecified atom stereocenters. The summed E-state index contributed by atoms with van der Waals surface area (Å²) in [6.45, 7) is 2.93. The second-order valence-corrected chi connectivity index (χ2v) is 4.99. The molecule has 2 rings (SSSR count). The van der Waals surface area contributed by atoms with E-state index >= 15 is 0 Å². The van der Waals surface area contributed by atoms with Crippen molar-refractivity contribution in [1.29, 1.82) is 0 Å². The Balaban J connectivity index is 2.04. The van der Waals surface area contributed by atoms with Gasteiger partial charge in [0.05, 0.1) is 12.3 Å². The van der Waals surface area contributed by atoms with Crippen LogP contribution in [0.5, 0.6) is 0 Å². The predicted octanol–water partition coefficient (Wildman–Crippen LogP) is 1.31. The fourth-order valence-electron chi connectivity index (χ4n) is 2.69. The smallest absolute Gasteiger partial charge is 0.122 e. The molecule has 1 saturated heterocycles. The first-order valence-corrected chi connectivity index (χ1v) is 6.36. The molecule has 4 heteroatoms. The molecule has 0 aromatic carbocycles. The average molecular weight is 237 g/mol. The molecule has 1 fully saturated rings. The zero-order chi connectivity index (χ0) is 12.3. The number of rotatable bonds is 4. The third-order valence-electron chi connectivity index (χ3n) is 3.76. The van der Waals surface area contributed by atoms with Crippen LogP contribution in [-0.2, 0) is 0 Å². The highest BCUT2D eigenvalue weighted by Gasteiger charge is 2.27.